The first-order valence-electron chi connectivity index (χ1n) is 9.72. The summed E-state index contributed by atoms with van der Waals surface area (Å²) in [6.45, 7) is 6.73. The maximum Gasteiger partial charge on any atom is 0.251 e. The fourth-order valence-electron chi connectivity index (χ4n) is 3.55. The van der Waals surface area contributed by atoms with Gasteiger partial charge in [0.15, 0.2) is 11.5 Å². The number of nitrogens with zero attached hydrogens (tertiary/aromatic N) is 1. The number of rotatable bonds is 9. The summed E-state index contributed by atoms with van der Waals surface area (Å²) in [5, 5.41) is 3.10. The van der Waals surface area contributed by atoms with Crippen LogP contribution in [0, 0.1) is 0 Å². The van der Waals surface area contributed by atoms with Crippen LogP contribution in [0.25, 0.3) is 0 Å². The lowest BCUT2D eigenvalue weighted by Crippen LogP contribution is -2.36. The van der Waals surface area contributed by atoms with Crippen molar-refractivity contribution in [3.05, 3.63) is 72.3 Å². The molecule has 1 heterocycles. The SMILES string of the molecule is C=CCOc1ccc(C(=O)NCC(c2ccccc2)N2CCCC2)cc1OC. The Morgan fingerprint density at radius 1 is 1.18 bits per heavy atom. The molecule has 0 radical (unpaired) electrons. The van der Waals surface area contributed by atoms with Crippen LogP contribution in [0.15, 0.2) is 61.2 Å². The molecule has 1 saturated heterocycles. The van der Waals surface area contributed by atoms with Crippen LogP contribution in [-0.4, -0.2) is 44.2 Å². The van der Waals surface area contributed by atoms with Gasteiger partial charge < -0.3 is 14.8 Å². The van der Waals surface area contributed by atoms with Crippen LogP contribution in [0.3, 0.4) is 0 Å². The molecule has 0 aliphatic carbocycles. The van der Waals surface area contributed by atoms with Gasteiger partial charge in [-0.25, -0.2) is 0 Å². The number of hydrogen-bond acceptors (Lipinski definition) is 4. The van der Waals surface area contributed by atoms with Crippen LogP contribution in [0.1, 0.15) is 34.8 Å². The van der Waals surface area contributed by atoms with Crippen molar-refractivity contribution in [1.29, 1.82) is 0 Å². The summed E-state index contributed by atoms with van der Waals surface area (Å²) in [6.07, 6.45) is 4.09. The highest BCUT2D eigenvalue weighted by Gasteiger charge is 2.24. The lowest BCUT2D eigenvalue weighted by molar-refractivity contribution is 0.0937. The van der Waals surface area contributed by atoms with Crippen LogP contribution < -0.4 is 14.8 Å². The first-order chi connectivity index (χ1) is 13.7. The van der Waals surface area contributed by atoms with E-state index in [2.05, 4.69) is 28.9 Å². The van der Waals surface area contributed by atoms with Crippen LogP contribution in [0.4, 0.5) is 0 Å². The smallest absolute Gasteiger partial charge is 0.251 e. The van der Waals surface area contributed by atoms with Gasteiger partial charge in [0.2, 0.25) is 0 Å². The number of methoxy groups -OCH3 is 1. The Kier molecular flexibility index (Phi) is 7.09. The first kappa shape index (κ1) is 20.0. The molecule has 0 aromatic heterocycles. The second-order valence-corrected chi connectivity index (χ2v) is 6.84. The van der Waals surface area contributed by atoms with Crippen LogP contribution in [0.2, 0.25) is 0 Å². The Morgan fingerprint density at radius 2 is 1.93 bits per heavy atom. The molecule has 2 aromatic carbocycles. The predicted octanol–water partition coefficient (Wildman–Crippen LogP) is 3.83. The number of ether oxygens (including phenoxy) is 2. The van der Waals surface area contributed by atoms with Crippen molar-refractivity contribution in [2.24, 2.45) is 0 Å². The molecule has 0 saturated carbocycles. The monoisotopic (exact) mass is 380 g/mol. The Bertz CT molecular complexity index is 786. The molecule has 1 atom stereocenters. The van der Waals surface area contributed by atoms with Gasteiger partial charge in [0.1, 0.15) is 6.61 Å². The fraction of sp³-hybridized carbons (Fsp3) is 0.348. The number of carbonyl (C=O) groups is 1. The molecule has 0 bridgehead atoms. The topological polar surface area (TPSA) is 50.8 Å². The zero-order chi connectivity index (χ0) is 19.8. The van der Waals surface area contributed by atoms with Crippen molar-refractivity contribution in [3.63, 3.8) is 0 Å². The first-order valence-corrected chi connectivity index (χ1v) is 9.72. The van der Waals surface area contributed by atoms with Gasteiger partial charge in [0.05, 0.1) is 13.2 Å². The van der Waals surface area contributed by atoms with Crippen molar-refractivity contribution in [2.45, 2.75) is 18.9 Å². The fourth-order valence-corrected chi connectivity index (χ4v) is 3.55. The lowest BCUT2D eigenvalue weighted by atomic mass is 10.1. The van der Waals surface area contributed by atoms with E-state index in [-0.39, 0.29) is 11.9 Å². The Hall–Kier alpha value is -2.79. The number of hydrogen-bond donors (Lipinski definition) is 1. The number of nitrogens with one attached hydrogen (secondary N) is 1. The van der Waals surface area contributed by atoms with E-state index >= 15 is 0 Å². The van der Waals surface area contributed by atoms with E-state index < -0.39 is 0 Å². The van der Waals surface area contributed by atoms with Crippen molar-refractivity contribution < 1.29 is 14.3 Å². The molecule has 5 heteroatoms. The van der Waals surface area contributed by atoms with Crippen molar-refractivity contribution in [2.75, 3.05) is 33.4 Å². The maximum atomic E-state index is 12.7. The number of benzene rings is 2. The van der Waals surface area contributed by atoms with Gasteiger partial charge in [-0.2, -0.15) is 0 Å². The van der Waals surface area contributed by atoms with Gasteiger partial charge in [-0.3, -0.25) is 9.69 Å². The molecule has 1 N–H and O–H groups in total. The molecular formula is C23H28N2O3. The van der Waals surface area contributed by atoms with E-state index in [1.807, 2.05) is 18.2 Å². The van der Waals surface area contributed by atoms with Crippen LogP contribution in [0.5, 0.6) is 11.5 Å². The highest BCUT2D eigenvalue weighted by molar-refractivity contribution is 5.94. The third-order valence-electron chi connectivity index (χ3n) is 5.00. The Balaban J connectivity index is 1.69. The Morgan fingerprint density at radius 3 is 2.61 bits per heavy atom. The normalized spacial score (nSPS) is 15.0. The van der Waals surface area contributed by atoms with E-state index in [1.54, 1.807) is 31.4 Å². The molecule has 1 fully saturated rings. The minimum atomic E-state index is -0.117. The molecule has 28 heavy (non-hydrogen) atoms. The van der Waals surface area contributed by atoms with E-state index in [4.69, 9.17) is 9.47 Å². The lowest BCUT2D eigenvalue weighted by Gasteiger charge is -2.28. The molecule has 1 aliphatic heterocycles. The molecule has 148 valence electrons. The maximum absolute atomic E-state index is 12.7. The Labute approximate surface area is 167 Å². The number of amides is 1. The summed E-state index contributed by atoms with van der Waals surface area (Å²) in [6, 6.07) is 15.8. The molecule has 1 aliphatic rings. The van der Waals surface area contributed by atoms with Gasteiger partial charge in [-0.05, 0) is 49.7 Å². The summed E-state index contributed by atoms with van der Waals surface area (Å²) >= 11 is 0. The highest BCUT2D eigenvalue weighted by Crippen LogP contribution is 2.28. The van der Waals surface area contributed by atoms with Gasteiger partial charge in [0, 0.05) is 12.1 Å². The average Bonchev–Trinajstić information content (AvgIpc) is 3.27. The molecule has 1 amide bonds. The van der Waals surface area contributed by atoms with E-state index in [0.717, 1.165) is 13.1 Å². The minimum Gasteiger partial charge on any atom is -0.493 e. The van der Waals surface area contributed by atoms with Crippen molar-refractivity contribution in [3.8, 4) is 11.5 Å². The van der Waals surface area contributed by atoms with Gasteiger partial charge in [-0.1, -0.05) is 43.0 Å². The summed E-state index contributed by atoms with van der Waals surface area (Å²) in [4.78, 5) is 15.2. The van der Waals surface area contributed by atoms with E-state index in [1.165, 1.54) is 18.4 Å². The standard InChI is InChI=1S/C23H28N2O3/c1-3-15-28-21-12-11-19(16-22(21)27-2)23(26)24-17-20(25-13-7-8-14-25)18-9-5-4-6-10-18/h3-6,9-12,16,20H,1,7-8,13-15,17H2,2H3,(H,24,26). The van der Waals surface area contributed by atoms with E-state index in [0.29, 0.717) is 30.2 Å². The predicted molar refractivity (Wildman–Crippen MR) is 111 cm³/mol. The van der Waals surface area contributed by atoms with Crippen molar-refractivity contribution >= 4 is 5.91 Å². The minimum absolute atomic E-state index is 0.117. The number of likely N-dealkylation sites (tertiary alicyclic amines) is 1. The molecular weight excluding hydrogens is 352 g/mol. The largest absolute Gasteiger partial charge is 0.493 e. The van der Waals surface area contributed by atoms with Crippen LogP contribution >= 0.6 is 0 Å². The highest BCUT2D eigenvalue weighted by atomic mass is 16.5. The third kappa shape index (κ3) is 4.93. The zero-order valence-corrected chi connectivity index (χ0v) is 16.4. The molecule has 3 rings (SSSR count). The van der Waals surface area contributed by atoms with Gasteiger partial charge in [-0.15, -0.1) is 0 Å². The molecule has 0 spiro atoms. The third-order valence-corrected chi connectivity index (χ3v) is 5.00. The average molecular weight is 380 g/mol. The van der Waals surface area contributed by atoms with E-state index in [9.17, 15) is 4.79 Å². The van der Waals surface area contributed by atoms with Crippen molar-refractivity contribution in [1.82, 2.24) is 10.2 Å². The quantitative estimate of drug-likeness (QED) is 0.672. The summed E-state index contributed by atoms with van der Waals surface area (Å²) < 4.78 is 10.9. The van der Waals surface area contributed by atoms with Gasteiger partial charge >= 0.3 is 0 Å². The van der Waals surface area contributed by atoms with Gasteiger partial charge in [0.25, 0.3) is 5.91 Å². The molecule has 5 nitrogen and oxygen atoms in total. The second-order valence-electron chi connectivity index (χ2n) is 6.84. The number of carbonyl (C=O) groups excluding carboxylic acids is 1. The summed E-state index contributed by atoms with van der Waals surface area (Å²) in [5.41, 5.74) is 1.78. The van der Waals surface area contributed by atoms with Crippen LogP contribution in [-0.2, 0) is 0 Å². The molecule has 1 unspecified atom stereocenters. The summed E-state index contributed by atoms with van der Waals surface area (Å²) in [7, 11) is 1.57. The summed E-state index contributed by atoms with van der Waals surface area (Å²) in [5.74, 6) is 1.01. The second kappa shape index (κ2) is 9.95. The molecule has 2 aromatic rings. The zero-order valence-electron chi connectivity index (χ0n) is 16.4.